The lowest BCUT2D eigenvalue weighted by Crippen LogP contribution is -2.54. The Morgan fingerprint density at radius 1 is 1.21 bits per heavy atom. The number of nitriles is 1. The Labute approximate surface area is 279 Å². The number of phenols is 1. The van der Waals surface area contributed by atoms with E-state index in [0.717, 1.165) is 0 Å². The van der Waals surface area contributed by atoms with Gasteiger partial charge in [-0.05, 0) is 49.8 Å². The average molecular weight is 688 g/mol. The van der Waals surface area contributed by atoms with Crippen LogP contribution in [0.4, 0.5) is 18.9 Å². The molecule has 14 heteroatoms. The van der Waals surface area contributed by atoms with Gasteiger partial charge in [-0.3, -0.25) is 14.2 Å². The number of aromatic hydroxyl groups is 1. The van der Waals surface area contributed by atoms with E-state index in [2.05, 4.69) is 17.6 Å². The van der Waals surface area contributed by atoms with E-state index >= 15 is 0 Å². The van der Waals surface area contributed by atoms with Crippen molar-refractivity contribution in [2.75, 3.05) is 31.6 Å². The van der Waals surface area contributed by atoms with Crippen molar-refractivity contribution >= 4 is 51.5 Å². The van der Waals surface area contributed by atoms with Crippen LogP contribution < -0.4 is 10.5 Å². The van der Waals surface area contributed by atoms with Gasteiger partial charge in [-0.1, -0.05) is 43.6 Å². The third-order valence-electron chi connectivity index (χ3n) is 8.62. The van der Waals surface area contributed by atoms with E-state index < -0.39 is 45.0 Å². The van der Waals surface area contributed by atoms with Crippen LogP contribution in [-0.2, 0) is 4.79 Å². The minimum atomic E-state index is -1.98. The number of carbonyl (C=O) groups is 1. The SMILES string of the molecule is C=CC(=O)N1CCN(c2c(C#N)c(=O)n(C3=C(C)C=CN(C)C3C(C)C)c3nc(-c4c(O)c(F)c(F)c(F)c4Cl)c(Cl)cc23)C[C@H]1C. The highest BCUT2D eigenvalue weighted by Gasteiger charge is 2.35. The lowest BCUT2D eigenvalue weighted by atomic mass is 9.93. The number of amides is 1. The molecule has 47 heavy (non-hydrogen) atoms. The Hall–Kier alpha value is -4.47. The maximum absolute atomic E-state index is 14.7. The maximum Gasteiger partial charge on any atom is 0.276 e. The van der Waals surface area contributed by atoms with Crippen LogP contribution in [0.1, 0.15) is 33.3 Å². The Morgan fingerprint density at radius 3 is 2.49 bits per heavy atom. The number of hydrogen-bond donors (Lipinski definition) is 1. The second kappa shape index (κ2) is 12.6. The molecule has 3 aromatic rings. The van der Waals surface area contributed by atoms with Gasteiger partial charge in [-0.15, -0.1) is 0 Å². The molecule has 0 spiro atoms. The number of fused-ring (bicyclic) bond motifs is 1. The Bertz CT molecular complexity index is 1990. The summed E-state index contributed by atoms with van der Waals surface area (Å²) < 4.78 is 44.8. The number of pyridine rings is 2. The van der Waals surface area contributed by atoms with Crippen molar-refractivity contribution in [3.63, 3.8) is 0 Å². The van der Waals surface area contributed by atoms with Crippen LogP contribution in [0.25, 0.3) is 28.0 Å². The number of nitrogens with zero attached hydrogens (tertiary/aromatic N) is 6. The fourth-order valence-corrected chi connectivity index (χ4v) is 6.97. The summed E-state index contributed by atoms with van der Waals surface area (Å²) >= 11 is 12.8. The van der Waals surface area contributed by atoms with E-state index in [1.807, 2.05) is 38.9 Å². The number of anilines is 1. The van der Waals surface area contributed by atoms with Crippen LogP contribution in [0.5, 0.6) is 5.75 Å². The minimum Gasteiger partial charge on any atom is -0.504 e. The maximum atomic E-state index is 14.7. The number of phenolic OH excluding ortho intramolecular Hbond substituents is 1. The van der Waals surface area contributed by atoms with Crippen molar-refractivity contribution in [1.29, 1.82) is 5.26 Å². The van der Waals surface area contributed by atoms with Gasteiger partial charge in [0, 0.05) is 38.1 Å². The molecule has 0 aliphatic carbocycles. The first-order chi connectivity index (χ1) is 22.2. The molecule has 2 aromatic heterocycles. The fourth-order valence-electron chi connectivity index (χ4n) is 6.47. The highest BCUT2D eigenvalue weighted by atomic mass is 35.5. The number of piperazine rings is 1. The number of benzene rings is 1. The monoisotopic (exact) mass is 686 g/mol. The summed E-state index contributed by atoms with van der Waals surface area (Å²) in [5.74, 6) is -7.27. The van der Waals surface area contributed by atoms with Crippen molar-refractivity contribution < 1.29 is 23.1 Å². The molecule has 2 aliphatic heterocycles. The molecule has 0 saturated carbocycles. The zero-order chi connectivity index (χ0) is 34.6. The van der Waals surface area contributed by atoms with Crippen LogP contribution >= 0.6 is 23.2 Å². The van der Waals surface area contributed by atoms with Gasteiger partial charge in [0.05, 0.1) is 38.7 Å². The molecule has 246 valence electrons. The smallest absolute Gasteiger partial charge is 0.276 e. The third-order valence-corrected chi connectivity index (χ3v) is 9.27. The molecule has 1 fully saturated rings. The molecule has 1 N–H and O–H groups in total. The van der Waals surface area contributed by atoms with Gasteiger partial charge in [0.2, 0.25) is 11.7 Å². The topological polar surface area (TPSA) is 106 Å². The first-order valence-corrected chi connectivity index (χ1v) is 15.5. The van der Waals surface area contributed by atoms with E-state index in [0.29, 0.717) is 11.3 Å². The summed E-state index contributed by atoms with van der Waals surface area (Å²) in [5.41, 5.74) is -0.732. The first-order valence-electron chi connectivity index (χ1n) is 14.7. The van der Waals surface area contributed by atoms with E-state index in [-0.39, 0.29) is 70.8 Å². The summed E-state index contributed by atoms with van der Waals surface area (Å²) in [5, 5.41) is 20.1. The molecule has 0 bridgehead atoms. The van der Waals surface area contributed by atoms with Gasteiger partial charge in [0.25, 0.3) is 5.56 Å². The third kappa shape index (κ3) is 5.41. The van der Waals surface area contributed by atoms with Crippen LogP contribution in [-0.4, -0.2) is 69.1 Å². The number of likely N-dealkylation sites (N-methyl/N-ethyl adjacent to an activating group) is 1. The molecule has 2 aliphatic rings. The summed E-state index contributed by atoms with van der Waals surface area (Å²) in [6.07, 6.45) is 4.88. The number of halogens is 5. The quantitative estimate of drug-likeness (QED) is 0.191. The Balaban J connectivity index is 1.92. The molecule has 0 radical (unpaired) electrons. The molecule has 9 nitrogen and oxygen atoms in total. The summed E-state index contributed by atoms with van der Waals surface area (Å²) in [4.78, 5) is 36.9. The Morgan fingerprint density at radius 2 is 1.89 bits per heavy atom. The molecule has 1 aromatic carbocycles. The molecule has 2 atom stereocenters. The number of aromatic nitrogens is 2. The molecular weight excluding hydrogens is 656 g/mol. The van der Waals surface area contributed by atoms with Crippen molar-refractivity contribution in [2.45, 2.75) is 39.8 Å². The van der Waals surface area contributed by atoms with Gasteiger partial charge < -0.3 is 19.8 Å². The van der Waals surface area contributed by atoms with Gasteiger partial charge in [0.15, 0.2) is 17.4 Å². The molecule has 5 rings (SSSR count). The summed E-state index contributed by atoms with van der Waals surface area (Å²) in [7, 11) is 1.84. The predicted molar refractivity (Wildman–Crippen MR) is 176 cm³/mol. The van der Waals surface area contributed by atoms with Gasteiger partial charge >= 0.3 is 0 Å². The van der Waals surface area contributed by atoms with E-state index in [9.17, 15) is 33.1 Å². The zero-order valence-electron chi connectivity index (χ0n) is 26.2. The first kappa shape index (κ1) is 33.9. The number of carbonyl (C=O) groups excluding carboxylic acids is 1. The van der Waals surface area contributed by atoms with Crippen molar-refractivity contribution in [2.24, 2.45) is 5.92 Å². The number of hydrogen-bond acceptors (Lipinski definition) is 7. The molecule has 4 heterocycles. The predicted octanol–water partition coefficient (Wildman–Crippen LogP) is 6.30. The normalized spacial score (nSPS) is 18.4. The van der Waals surface area contributed by atoms with Crippen molar-refractivity contribution in [3.05, 3.63) is 80.0 Å². The van der Waals surface area contributed by atoms with Crippen LogP contribution in [0.2, 0.25) is 10.0 Å². The lowest BCUT2D eigenvalue weighted by Gasteiger charge is -2.41. The van der Waals surface area contributed by atoms with Crippen LogP contribution in [0, 0.1) is 34.7 Å². The van der Waals surface area contributed by atoms with Crippen molar-refractivity contribution in [3.8, 4) is 23.1 Å². The summed E-state index contributed by atoms with van der Waals surface area (Å²) in [6, 6.07) is 2.72. The molecule has 1 unspecified atom stereocenters. The van der Waals surface area contributed by atoms with Gasteiger partial charge in [-0.2, -0.15) is 9.65 Å². The highest BCUT2D eigenvalue weighted by molar-refractivity contribution is 6.37. The number of allylic oxidation sites excluding steroid dienone is 2. The molecule has 1 saturated heterocycles. The minimum absolute atomic E-state index is 0.0510. The fraction of sp³-hybridized carbons (Fsp3) is 0.333. The largest absolute Gasteiger partial charge is 0.504 e. The van der Waals surface area contributed by atoms with E-state index in [4.69, 9.17) is 23.2 Å². The Kier molecular flexibility index (Phi) is 9.10. The molecular formula is C33H31Cl2F3N6O3. The van der Waals surface area contributed by atoms with Crippen molar-refractivity contribution in [1.82, 2.24) is 19.4 Å². The van der Waals surface area contributed by atoms with Gasteiger partial charge in [-0.25, -0.2) is 13.8 Å². The standard InChI is InChI=1S/C33H31Cl2F3N6O3/c1-7-21(45)43-11-10-42(14-17(43)5)30-18-12-20(34)27(22-23(35)24(36)25(37)26(38)31(22)46)40-32(18)44(33(47)19(30)13-39)29-16(4)8-9-41(6)28(29)15(2)3/h7-9,12,15,17,28,46H,1,10-11,14H2,2-6H3/t17-,28?/m1/s1. The second-order valence-corrected chi connectivity index (χ2v) is 12.7. The van der Waals surface area contributed by atoms with Gasteiger partial charge in [0.1, 0.15) is 17.3 Å². The van der Waals surface area contributed by atoms with E-state index in [1.54, 1.807) is 22.8 Å². The number of rotatable bonds is 5. The second-order valence-electron chi connectivity index (χ2n) is 11.9. The zero-order valence-corrected chi connectivity index (χ0v) is 27.7. The van der Waals surface area contributed by atoms with Crippen LogP contribution in [0.15, 0.2) is 41.4 Å². The van der Waals surface area contributed by atoms with E-state index in [1.165, 1.54) is 16.7 Å². The summed E-state index contributed by atoms with van der Waals surface area (Å²) in [6.45, 7) is 11.8. The molecule has 1 amide bonds. The lowest BCUT2D eigenvalue weighted by molar-refractivity contribution is -0.128. The average Bonchev–Trinajstić information content (AvgIpc) is 3.03. The van der Waals surface area contributed by atoms with Crippen LogP contribution in [0.3, 0.4) is 0 Å². The highest BCUT2D eigenvalue weighted by Crippen LogP contribution is 2.45.